The SMILES string of the molecule is Cc1ccc(-c2nnc(-c3ccccc3Cl)o2)cc1S(=O)(=O)N(C)C. The summed E-state index contributed by atoms with van der Waals surface area (Å²) in [6.45, 7) is 1.74. The highest BCUT2D eigenvalue weighted by atomic mass is 35.5. The molecule has 0 saturated heterocycles. The van der Waals surface area contributed by atoms with E-state index in [0.29, 0.717) is 21.7 Å². The first kappa shape index (κ1) is 17.6. The van der Waals surface area contributed by atoms with Gasteiger partial charge in [-0.1, -0.05) is 29.8 Å². The minimum Gasteiger partial charge on any atom is -0.416 e. The lowest BCUT2D eigenvalue weighted by molar-refractivity contribution is 0.520. The Balaban J connectivity index is 2.06. The van der Waals surface area contributed by atoms with Crippen molar-refractivity contribution >= 4 is 21.6 Å². The first-order valence-electron chi connectivity index (χ1n) is 7.42. The van der Waals surface area contributed by atoms with E-state index in [2.05, 4.69) is 10.2 Å². The molecular formula is C17H16ClN3O3S. The summed E-state index contributed by atoms with van der Waals surface area (Å²) < 4.78 is 31.8. The number of benzene rings is 2. The van der Waals surface area contributed by atoms with E-state index in [9.17, 15) is 8.42 Å². The molecule has 0 radical (unpaired) electrons. The van der Waals surface area contributed by atoms with Crippen molar-refractivity contribution in [3.05, 3.63) is 53.1 Å². The molecule has 130 valence electrons. The normalized spacial score (nSPS) is 11.9. The van der Waals surface area contributed by atoms with Crippen LogP contribution in [0.5, 0.6) is 0 Å². The van der Waals surface area contributed by atoms with Crippen molar-refractivity contribution in [1.82, 2.24) is 14.5 Å². The van der Waals surface area contributed by atoms with Crippen LogP contribution in [0, 0.1) is 6.92 Å². The molecule has 1 aromatic heterocycles. The Hall–Kier alpha value is -2.22. The fraction of sp³-hybridized carbons (Fsp3) is 0.176. The molecule has 6 nitrogen and oxygen atoms in total. The first-order valence-corrected chi connectivity index (χ1v) is 9.24. The fourth-order valence-electron chi connectivity index (χ4n) is 2.29. The van der Waals surface area contributed by atoms with Gasteiger partial charge in [-0.3, -0.25) is 0 Å². The first-order chi connectivity index (χ1) is 11.8. The van der Waals surface area contributed by atoms with E-state index in [1.54, 1.807) is 31.2 Å². The van der Waals surface area contributed by atoms with Gasteiger partial charge in [-0.05, 0) is 36.8 Å². The van der Waals surface area contributed by atoms with Crippen molar-refractivity contribution < 1.29 is 12.8 Å². The van der Waals surface area contributed by atoms with Crippen LogP contribution in [0.15, 0.2) is 51.8 Å². The molecular weight excluding hydrogens is 362 g/mol. The van der Waals surface area contributed by atoms with E-state index in [4.69, 9.17) is 16.0 Å². The lowest BCUT2D eigenvalue weighted by Gasteiger charge is -2.14. The average Bonchev–Trinajstić information content (AvgIpc) is 3.05. The third-order valence-corrected chi connectivity index (χ3v) is 6.01. The highest BCUT2D eigenvalue weighted by Crippen LogP contribution is 2.30. The summed E-state index contributed by atoms with van der Waals surface area (Å²) in [5, 5.41) is 8.53. The van der Waals surface area contributed by atoms with Crippen molar-refractivity contribution in [3.63, 3.8) is 0 Å². The zero-order chi connectivity index (χ0) is 18.2. The van der Waals surface area contributed by atoms with Gasteiger partial charge in [-0.2, -0.15) is 0 Å². The van der Waals surface area contributed by atoms with Gasteiger partial charge >= 0.3 is 0 Å². The molecule has 0 aliphatic carbocycles. The number of aryl methyl sites for hydroxylation is 1. The van der Waals surface area contributed by atoms with Gasteiger partial charge in [0.1, 0.15) is 0 Å². The number of nitrogens with zero attached hydrogens (tertiary/aromatic N) is 3. The number of aromatic nitrogens is 2. The molecule has 1 heterocycles. The zero-order valence-electron chi connectivity index (χ0n) is 13.9. The zero-order valence-corrected chi connectivity index (χ0v) is 15.5. The molecule has 0 spiro atoms. The lowest BCUT2D eigenvalue weighted by atomic mass is 10.1. The van der Waals surface area contributed by atoms with E-state index in [0.717, 1.165) is 0 Å². The smallest absolute Gasteiger partial charge is 0.249 e. The lowest BCUT2D eigenvalue weighted by Crippen LogP contribution is -2.23. The maximum absolute atomic E-state index is 12.4. The molecule has 0 bridgehead atoms. The maximum atomic E-state index is 12.4. The summed E-state index contributed by atoms with van der Waals surface area (Å²) in [5.74, 6) is 0.503. The van der Waals surface area contributed by atoms with Gasteiger partial charge in [0.15, 0.2) is 0 Å². The topological polar surface area (TPSA) is 76.3 Å². The average molecular weight is 378 g/mol. The Bertz CT molecular complexity index is 1030. The summed E-state index contributed by atoms with van der Waals surface area (Å²) in [6.07, 6.45) is 0. The van der Waals surface area contributed by atoms with E-state index in [1.807, 2.05) is 12.1 Å². The molecule has 0 fully saturated rings. The van der Waals surface area contributed by atoms with E-state index in [1.165, 1.54) is 24.5 Å². The third-order valence-electron chi connectivity index (χ3n) is 3.72. The van der Waals surface area contributed by atoms with Gasteiger partial charge in [0.25, 0.3) is 0 Å². The van der Waals surface area contributed by atoms with Crippen LogP contribution in [-0.4, -0.2) is 37.0 Å². The molecule has 0 aliphatic heterocycles. The van der Waals surface area contributed by atoms with Crippen LogP contribution in [-0.2, 0) is 10.0 Å². The van der Waals surface area contributed by atoms with Gasteiger partial charge < -0.3 is 4.42 Å². The van der Waals surface area contributed by atoms with Gasteiger partial charge in [-0.15, -0.1) is 10.2 Å². The van der Waals surface area contributed by atoms with Gasteiger partial charge in [-0.25, -0.2) is 12.7 Å². The summed E-state index contributed by atoms with van der Waals surface area (Å²) in [5.41, 5.74) is 1.79. The minimum absolute atomic E-state index is 0.201. The van der Waals surface area contributed by atoms with Crippen LogP contribution >= 0.6 is 11.6 Å². The molecule has 3 rings (SSSR count). The Kier molecular flexibility index (Phi) is 4.64. The summed E-state index contributed by atoms with van der Waals surface area (Å²) in [7, 11) is -0.588. The Morgan fingerprint density at radius 3 is 2.40 bits per heavy atom. The summed E-state index contributed by atoms with van der Waals surface area (Å²) in [6, 6.07) is 12.1. The van der Waals surface area contributed by atoms with Crippen molar-refractivity contribution in [2.45, 2.75) is 11.8 Å². The Morgan fingerprint density at radius 1 is 1.04 bits per heavy atom. The van der Waals surface area contributed by atoms with Crippen molar-refractivity contribution in [3.8, 4) is 22.9 Å². The highest BCUT2D eigenvalue weighted by Gasteiger charge is 2.22. The van der Waals surface area contributed by atoms with Gasteiger partial charge in [0.05, 0.1) is 15.5 Å². The number of hydrogen-bond acceptors (Lipinski definition) is 5. The predicted molar refractivity (Wildman–Crippen MR) is 95.8 cm³/mol. The van der Waals surface area contributed by atoms with Crippen LogP contribution < -0.4 is 0 Å². The minimum atomic E-state index is -3.57. The number of rotatable bonds is 4. The number of sulfonamides is 1. The van der Waals surface area contributed by atoms with Crippen molar-refractivity contribution in [2.75, 3.05) is 14.1 Å². The second kappa shape index (κ2) is 6.59. The number of halogens is 1. The molecule has 8 heteroatoms. The van der Waals surface area contributed by atoms with E-state index >= 15 is 0 Å². The fourth-order valence-corrected chi connectivity index (χ4v) is 3.65. The van der Waals surface area contributed by atoms with E-state index < -0.39 is 10.0 Å². The monoisotopic (exact) mass is 377 g/mol. The van der Waals surface area contributed by atoms with Gasteiger partial charge in [0.2, 0.25) is 21.8 Å². The third kappa shape index (κ3) is 3.30. The van der Waals surface area contributed by atoms with Crippen LogP contribution in [0.25, 0.3) is 22.9 Å². The second-order valence-electron chi connectivity index (χ2n) is 5.66. The second-order valence-corrected chi connectivity index (χ2v) is 8.19. The molecule has 3 aromatic rings. The Labute approximate surface area is 151 Å². The van der Waals surface area contributed by atoms with Crippen LogP contribution in [0.1, 0.15) is 5.56 Å². The standard InChI is InChI=1S/C17H16ClN3O3S/c1-11-8-9-12(10-15(11)25(22,23)21(2)3)16-19-20-17(24-16)13-6-4-5-7-14(13)18/h4-10H,1-3H3. The van der Waals surface area contributed by atoms with Crippen molar-refractivity contribution in [1.29, 1.82) is 0 Å². The molecule has 0 N–H and O–H groups in total. The van der Waals surface area contributed by atoms with Crippen LogP contribution in [0.3, 0.4) is 0 Å². The molecule has 0 unspecified atom stereocenters. The Morgan fingerprint density at radius 2 is 1.72 bits per heavy atom. The quantitative estimate of drug-likeness (QED) is 0.694. The number of hydrogen-bond donors (Lipinski definition) is 0. The molecule has 0 atom stereocenters. The summed E-state index contributed by atoms with van der Waals surface area (Å²) >= 11 is 6.14. The molecule has 2 aromatic carbocycles. The van der Waals surface area contributed by atoms with E-state index in [-0.39, 0.29) is 16.7 Å². The molecule has 0 amide bonds. The molecule has 0 saturated carbocycles. The maximum Gasteiger partial charge on any atom is 0.249 e. The molecule has 25 heavy (non-hydrogen) atoms. The predicted octanol–water partition coefficient (Wildman–Crippen LogP) is 3.62. The largest absolute Gasteiger partial charge is 0.416 e. The highest BCUT2D eigenvalue weighted by molar-refractivity contribution is 7.89. The molecule has 0 aliphatic rings. The summed E-state index contributed by atoms with van der Waals surface area (Å²) in [4.78, 5) is 0.201. The van der Waals surface area contributed by atoms with Crippen LogP contribution in [0.4, 0.5) is 0 Å². The van der Waals surface area contributed by atoms with Crippen molar-refractivity contribution in [2.24, 2.45) is 0 Å². The van der Waals surface area contributed by atoms with Gasteiger partial charge in [0, 0.05) is 19.7 Å². The van der Waals surface area contributed by atoms with Crippen LogP contribution in [0.2, 0.25) is 5.02 Å².